The smallest absolute Gasteiger partial charge is 0.442 e. The van der Waals surface area contributed by atoms with Gasteiger partial charge in [-0.2, -0.15) is 4.98 Å². The first kappa shape index (κ1) is 27.4. The molecule has 5 N–H and O–H groups in total. The van der Waals surface area contributed by atoms with E-state index in [0.29, 0.717) is 27.7 Å². The third kappa shape index (κ3) is 7.62. The van der Waals surface area contributed by atoms with Crippen LogP contribution in [0.1, 0.15) is 13.8 Å². The highest BCUT2D eigenvalue weighted by atomic mass is 32.2. The minimum Gasteiger partial charge on any atom is -0.465 e. The summed E-state index contributed by atoms with van der Waals surface area (Å²) in [7, 11) is -2.97. The van der Waals surface area contributed by atoms with Crippen molar-refractivity contribution in [1.29, 1.82) is 0 Å². The molecule has 0 saturated carbocycles. The van der Waals surface area contributed by atoms with E-state index >= 15 is 0 Å². The maximum absolute atomic E-state index is 12.8. The monoisotopic (exact) mass is 528 g/mol. The number of ether oxygens (including phenoxy) is 1. The Morgan fingerprint density at radius 2 is 1.76 bits per heavy atom. The number of aliphatic hydroxyl groups is 1. The van der Waals surface area contributed by atoms with E-state index in [2.05, 4.69) is 30.3 Å². The van der Waals surface area contributed by atoms with E-state index in [1.165, 1.54) is 6.26 Å². The molecule has 0 bridgehead atoms. The summed E-state index contributed by atoms with van der Waals surface area (Å²) in [5, 5.41) is 26.9. The van der Waals surface area contributed by atoms with Gasteiger partial charge in [-0.3, -0.25) is 5.32 Å². The van der Waals surface area contributed by atoms with Crippen LogP contribution in [0.4, 0.5) is 32.7 Å². The van der Waals surface area contributed by atoms with Gasteiger partial charge in [-0.1, -0.05) is 12.1 Å². The zero-order valence-corrected chi connectivity index (χ0v) is 21.3. The highest BCUT2D eigenvalue weighted by Crippen LogP contribution is 2.29. The molecule has 2 amide bonds. The van der Waals surface area contributed by atoms with Crippen LogP contribution >= 0.6 is 0 Å². The first-order valence-corrected chi connectivity index (χ1v) is 13.1. The summed E-state index contributed by atoms with van der Waals surface area (Å²) in [5.41, 5.74) is 2.41. The molecule has 3 aromatic rings. The molecular weight excluding hydrogens is 500 g/mol. The van der Waals surface area contributed by atoms with E-state index in [1.54, 1.807) is 68.6 Å². The number of carbonyl (C=O) groups is 2. The van der Waals surface area contributed by atoms with E-state index in [1.807, 2.05) is 0 Å². The van der Waals surface area contributed by atoms with Crippen molar-refractivity contribution in [3.05, 3.63) is 54.7 Å². The quantitative estimate of drug-likeness (QED) is 0.268. The molecule has 196 valence electrons. The van der Waals surface area contributed by atoms with Crippen LogP contribution in [0.25, 0.3) is 11.1 Å². The van der Waals surface area contributed by atoms with Gasteiger partial charge in [0.05, 0.1) is 22.9 Å². The maximum Gasteiger partial charge on any atom is 0.442 e. The molecular formula is C24H28N6O6S. The number of nitrogens with one attached hydrogen (secondary N) is 3. The van der Waals surface area contributed by atoms with Gasteiger partial charge in [-0.15, -0.1) is 4.36 Å². The number of carboxylic acid groups (broad SMARTS) is 1. The van der Waals surface area contributed by atoms with Crippen LogP contribution in [0.5, 0.6) is 0 Å². The summed E-state index contributed by atoms with van der Waals surface area (Å²) < 4.78 is 21.2. The Hall–Kier alpha value is -4.23. The number of carbonyl (C=O) groups excluding carboxylic acids is 1. The second kappa shape index (κ2) is 12.1. The second-order valence-electron chi connectivity index (χ2n) is 7.93. The van der Waals surface area contributed by atoms with Crippen molar-refractivity contribution in [2.24, 2.45) is 4.36 Å². The fourth-order valence-electron chi connectivity index (χ4n) is 3.16. The lowest BCUT2D eigenvalue weighted by molar-refractivity contribution is 0.164. The van der Waals surface area contributed by atoms with Crippen LogP contribution in [0, 0.1) is 0 Å². The summed E-state index contributed by atoms with van der Waals surface area (Å²) in [6, 6.07) is 12.9. The fourth-order valence-corrected chi connectivity index (χ4v) is 4.25. The van der Waals surface area contributed by atoms with Crippen molar-refractivity contribution in [3.8, 4) is 11.1 Å². The molecule has 37 heavy (non-hydrogen) atoms. The number of aromatic nitrogens is 2. The molecule has 3 rings (SSSR count). The van der Waals surface area contributed by atoms with Gasteiger partial charge in [-0.25, -0.2) is 18.8 Å². The predicted octanol–water partition coefficient (Wildman–Crippen LogP) is 4.38. The van der Waals surface area contributed by atoms with Crippen molar-refractivity contribution in [3.63, 3.8) is 0 Å². The van der Waals surface area contributed by atoms with Crippen LogP contribution in [0.15, 0.2) is 64.0 Å². The number of amides is 2. The molecule has 1 unspecified atom stereocenters. The first-order valence-electron chi connectivity index (χ1n) is 11.2. The lowest BCUT2D eigenvalue weighted by Gasteiger charge is -2.17. The van der Waals surface area contributed by atoms with Crippen LogP contribution in [-0.2, 0) is 14.5 Å². The molecule has 0 aliphatic heterocycles. The van der Waals surface area contributed by atoms with E-state index in [4.69, 9.17) is 9.84 Å². The second-order valence-corrected chi connectivity index (χ2v) is 10.2. The summed E-state index contributed by atoms with van der Waals surface area (Å²) in [4.78, 5) is 31.7. The number of hydrogen-bond acceptors (Lipinski definition) is 9. The molecule has 2 atom stereocenters. The topological polar surface area (TPSA) is 175 Å². The third-order valence-corrected chi connectivity index (χ3v) is 6.60. The van der Waals surface area contributed by atoms with Crippen molar-refractivity contribution in [2.75, 3.05) is 35.4 Å². The lowest BCUT2D eigenvalue weighted by atomic mass is 10.1. The van der Waals surface area contributed by atoms with Crippen molar-refractivity contribution < 1.29 is 28.7 Å². The van der Waals surface area contributed by atoms with Crippen molar-refractivity contribution in [1.82, 2.24) is 9.97 Å². The van der Waals surface area contributed by atoms with Crippen LogP contribution in [0.2, 0.25) is 0 Å². The Bertz CT molecular complexity index is 1370. The number of anilines is 4. The molecule has 0 radical (unpaired) electrons. The highest BCUT2D eigenvalue weighted by molar-refractivity contribution is 7.93. The molecule has 2 aromatic carbocycles. The molecule has 0 aliphatic rings. The third-order valence-electron chi connectivity index (χ3n) is 4.96. The molecule has 12 nitrogen and oxygen atoms in total. The number of nitrogens with zero attached hydrogens (tertiary/aromatic N) is 3. The van der Waals surface area contributed by atoms with E-state index in [-0.39, 0.29) is 25.2 Å². The van der Waals surface area contributed by atoms with Gasteiger partial charge in [0.1, 0.15) is 5.82 Å². The van der Waals surface area contributed by atoms with Gasteiger partial charge in [0.15, 0.2) is 0 Å². The van der Waals surface area contributed by atoms with Gasteiger partial charge in [0.25, 0.3) is 0 Å². The standard InChI is InChI=1S/C24H28N6O6S/c1-4-36-24(34)30-37(3,35)19-11-9-17(10-12-19)27-22-25-13-20(21(29-22)26-15(2)14-31)16-5-7-18(8-6-16)28-23(32)33/h5-13,15,28,31H,4,14H2,1-3H3,(H,32,33)(H2,25,26,27,29)/t15-,37?/m1/s1. The number of benzene rings is 2. The van der Waals surface area contributed by atoms with Crippen LogP contribution in [0.3, 0.4) is 0 Å². The summed E-state index contributed by atoms with van der Waals surface area (Å²) in [6.07, 6.45) is 0.926. The maximum atomic E-state index is 12.8. The highest BCUT2D eigenvalue weighted by Gasteiger charge is 2.14. The normalized spacial score (nSPS) is 13.1. The van der Waals surface area contributed by atoms with Gasteiger partial charge >= 0.3 is 12.2 Å². The number of rotatable bonds is 9. The van der Waals surface area contributed by atoms with Crippen molar-refractivity contribution >= 4 is 45.1 Å². The molecule has 0 fully saturated rings. The molecule has 1 aromatic heterocycles. The molecule has 0 saturated heterocycles. The number of hydrogen-bond donors (Lipinski definition) is 5. The summed E-state index contributed by atoms with van der Waals surface area (Å²) in [6.45, 7) is 3.45. The lowest BCUT2D eigenvalue weighted by Crippen LogP contribution is -2.21. The van der Waals surface area contributed by atoms with Gasteiger partial charge < -0.3 is 25.6 Å². The molecule has 1 heterocycles. The Balaban J connectivity index is 1.86. The Labute approximate surface area is 214 Å². The minimum absolute atomic E-state index is 0.123. The Kier molecular flexibility index (Phi) is 8.98. The number of aliphatic hydroxyl groups excluding tert-OH is 1. The fraction of sp³-hybridized carbons (Fsp3) is 0.250. The van der Waals surface area contributed by atoms with Crippen LogP contribution in [-0.4, -0.2) is 62.1 Å². The molecule has 0 spiro atoms. The van der Waals surface area contributed by atoms with E-state index in [0.717, 1.165) is 5.56 Å². The Morgan fingerprint density at radius 3 is 2.35 bits per heavy atom. The van der Waals surface area contributed by atoms with Gasteiger partial charge in [-0.05, 0) is 55.8 Å². The van der Waals surface area contributed by atoms with E-state index in [9.17, 15) is 18.9 Å². The predicted molar refractivity (Wildman–Crippen MR) is 141 cm³/mol. The average Bonchev–Trinajstić information content (AvgIpc) is 2.84. The van der Waals surface area contributed by atoms with Gasteiger partial charge in [0, 0.05) is 40.3 Å². The SMILES string of the molecule is CCOC(=O)N=S(C)(=O)c1ccc(Nc2ncc(-c3ccc(NC(=O)O)cc3)c(N[C@H](C)CO)n2)cc1. The van der Waals surface area contributed by atoms with E-state index < -0.39 is 21.9 Å². The zero-order chi connectivity index (χ0) is 27.0. The Morgan fingerprint density at radius 1 is 1.11 bits per heavy atom. The summed E-state index contributed by atoms with van der Waals surface area (Å²) in [5.74, 6) is 0.723. The average molecular weight is 529 g/mol. The zero-order valence-electron chi connectivity index (χ0n) is 20.5. The first-order chi connectivity index (χ1) is 17.6. The van der Waals surface area contributed by atoms with Gasteiger partial charge in [0.2, 0.25) is 5.95 Å². The summed E-state index contributed by atoms with van der Waals surface area (Å²) >= 11 is 0. The van der Waals surface area contributed by atoms with Crippen molar-refractivity contribution in [2.45, 2.75) is 24.8 Å². The largest absolute Gasteiger partial charge is 0.465 e. The molecule has 0 aliphatic carbocycles. The minimum atomic E-state index is -2.97. The van der Waals surface area contributed by atoms with Crippen LogP contribution < -0.4 is 16.0 Å². The molecule has 13 heteroatoms.